The Labute approximate surface area is 101 Å². The minimum absolute atomic E-state index is 0.0948. The van der Waals surface area contributed by atoms with E-state index < -0.39 is 0 Å². The molecule has 0 spiro atoms. The molecule has 1 aliphatic carbocycles. The van der Waals surface area contributed by atoms with Gasteiger partial charge in [-0.1, -0.05) is 30.3 Å². The largest absolute Gasteiger partial charge is 0.469 e. The molecule has 90 valence electrons. The minimum Gasteiger partial charge on any atom is -0.469 e. The molecule has 0 bridgehead atoms. The van der Waals surface area contributed by atoms with Gasteiger partial charge < -0.3 is 4.74 Å². The molecule has 1 aromatic rings. The van der Waals surface area contributed by atoms with Gasteiger partial charge in [0.25, 0.3) is 0 Å². The molecule has 3 nitrogen and oxygen atoms in total. The molecule has 1 saturated carbocycles. The van der Waals surface area contributed by atoms with Crippen molar-refractivity contribution in [1.29, 1.82) is 0 Å². The monoisotopic (exact) mass is 232 g/mol. The second-order valence-corrected chi connectivity index (χ2v) is 4.43. The van der Waals surface area contributed by atoms with Crippen LogP contribution < -0.4 is 0 Å². The summed E-state index contributed by atoms with van der Waals surface area (Å²) in [6.45, 7) is 0. The van der Waals surface area contributed by atoms with Crippen LogP contribution in [-0.2, 0) is 14.3 Å². The molecule has 0 N–H and O–H groups in total. The summed E-state index contributed by atoms with van der Waals surface area (Å²) in [5.41, 5.74) is 1.02. The lowest BCUT2D eigenvalue weighted by molar-refractivity contribution is -0.141. The number of esters is 1. The van der Waals surface area contributed by atoms with E-state index in [4.69, 9.17) is 0 Å². The number of hydrogen-bond acceptors (Lipinski definition) is 3. The molecule has 0 amide bonds. The molecule has 0 radical (unpaired) electrons. The van der Waals surface area contributed by atoms with Gasteiger partial charge in [0, 0.05) is 18.8 Å². The van der Waals surface area contributed by atoms with Gasteiger partial charge in [0.05, 0.1) is 7.11 Å². The molecular formula is C14H16O3. The third-order valence-electron chi connectivity index (χ3n) is 3.40. The fraction of sp³-hybridized carbons (Fsp3) is 0.429. The Morgan fingerprint density at radius 1 is 1.35 bits per heavy atom. The van der Waals surface area contributed by atoms with E-state index in [1.165, 1.54) is 7.11 Å². The van der Waals surface area contributed by atoms with Gasteiger partial charge in [0.1, 0.15) is 5.78 Å². The van der Waals surface area contributed by atoms with Crippen molar-refractivity contribution in [3.8, 4) is 0 Å². The number of ketones is 1. The number of rotatable bonds is 3. The predicted octanol–water partition coefficient (Wildman–Crippen LogP) is 2.31. The molecule has 2 atom stereocenters. The van der Waals surface area contributed by atoms with Crippen molar-refractivity contribution in [1.82, 2.24) is 0 Å². The van der Waals surface area contributed by atoms with Crippen LogP contribution in [0.4, 0.5) is 0 Å². The van der Waals surface area contributed by atoms with Crippen molar-refractivity contribution < 1.29 is 14.3 Å². The van der Waals surface area contributed by atoms with E-state index in [-0.39, 0.29) is 23.6 Å². The summed E-state index contributed by atoms with van der Waals surface area (Å²) in [7, 11) is 1.39. The first-order valence-corrected chi connectivity index (χ1v) is 5.87. The Bertz CT molecular complexity index is 411. The fourth-order valence-corrected chi connectivity index (χ4v) is 2.55. The number of methoxy groups -OCH3 is 1. The topological polar surface area (TPSA) is 43.4 Å². The second kappa shape index (κ2) is 5.13. The molecule has 1 aromatic carbocycles. The fourth-order valence-electron chi connectivity index (χ4n) is 2.55. The number of carbonyl (C=O) groups is 2. The normalized spacial score (nSPS) is 23.7. The predicted molar refractivity (Wildman–Crippen MR) is 63.5 cm³/mol. The molecule has 0 aromatic heterocycles. The summed E-state index contributed by atoms with van der Waals surface area (Å²) in [5.74, 6) is -0.0246. The minimum atomic E-state index is -0.231. The highest BCUT2D eigenvalue weighted by Crippen LogP contribution is 2.38. The Morgan fingerprint density at radius 3 is 2.71 bits per heavy atom. The Morgan fingerprint density at radius 2 is 2.06 bits per heavy atom. The quantitative estimate of drug-likeness (QED) is 0.751. The van der Waals surface area contributed by atoms with E-state index in [9.17, 15) is 9.59 Å². The van der Waals surface area contributed by atoms with Crippen molar-refractivity contribution in [3.05, 3.63) is 35.9 Å². The first-order chi connectivity index (χ1) is 8.22. The maximum atomic E-state index is 11.9. The Hall–Kier alpha value is -1.64. The van der Waals surface area contributed by atoms with Gasteiger partial charge >= 0.3 is 5.97 Å². The summed E-state index contributed by atoms with van der Waals surface area (Å²) in [6, 6.07) is 9.70. The average molecular weight is 232 g/mol. The lowest BCUT2D eigenvalue weighted by atomic mass is 9.86. The number of Topliss-reactive ketones (excluding diaryl/α,β-unsaturated/α-hetero) is 1. The van der Waals surface area contributed by atoms with Gasteiger partial charge in [0.15, 0.2) is 0 Å². The smallest absolute Gasteiger partial charge is 0.305 e. The first kappa shape index (κ1) is 11.8. The van der Waals surface area contributed by atoms with Crippen molar-refractivity contribution in [2.24, 2.45) is 5.92 Å². The molecule has 2 unspecified atom stereocenters. The van der Waals surface area contributed by atoms with E-state index in [0.29, 0.717) is 12.8 Å². The Kier molecular flexibility index (Phi) is 3.57. The maximum absolute atomic E-state index is 11.9. The SMILES string of the molecule is COC(=O)CC1CCC(=O)C1c1ccccc1. The molecule has 3 heteroatoms. The van der Waals surface area contributed by atoms with Crippen molar-refractivity contribution in [2.45, 2.75) is 25.2 Å². The third kappa shape index (κ3) is 2.54. The van der Waals surface area contributed by atoms with Crippen LogP contribution in [0, 0.1) is 5.92 Å². The van der Waals surface area contributed by atoms with Crippen LogP contribution in [0.5, 0.6) is 0 Å². The van der Waals surface area contributed by atoms with Crippen molar-refractivity contribution in [3.63, 3.8) is 0 Å². The number of ether oxygens (including phenoxy) is 1. The molecule has 0 aliphatic heterocycles. The lowest BCUT2D eigenvalue weighted by Crippen LogP contribution is -2.16. The van der Waals surface area contributed by atoms with Gasteiger partial charge in [-0.05, 0) is 17.9 Å². The number of carbonyl (C=O) groups excluding carboxylic acids is 2. The van der Waals surface area contributed by atoms with E-state index >= 15 is 0 Å². The van der Waals surface area contributed by atoms with Gasteiger partial charge in [-0.3, -0.25) is 9.59 Å². The van der Waals surface area contributed by atoms with Crippen LogP contribution in [-0.4, -0.2) is 18.9 Å². The molecule has 0 saturated heterocycles. The summed E-state index contributed by atoms with van der Waals surface area (Å²) in [5, 5.41) is 0. The first-order valence-electron chi connectivity index (χ1n) is 5.87. The van der Waals surface area contributed by atoms with Crippen LogP contribution in [0.15, 0.2) is 30.3 Å². The van der Waals surface area contributed by atoms with E-state index in [2.05, 4.69) is 4.74 Å². The second-order valence-electron chi connectivity index (χ2n) is 4.43. The molecule has 1 aliphatic rings. The highest BCUT2D eigenvalue weighted by Gasteiger charge is 2.36. The van der Waals surface area contributed by atoms with Crippen molar-refractivity contribution >= 4 is 11.8 Å². The van der Waals surface area contributed by atoms with Crippen LogP contribution in [0.1, 0.15) is 30.7 Å². The molecule has 17 heavy (non-hydrogen) atoms. The van der Waals surface area contributed by atoms with Crippen LogP contribution in [0.2, 0.25) is 0 Å². The highest BCUT2D eigenvalue weighted by molar-refractivity contribution is 5.89. The van der Waals surface area contributed by atoms with Crippen LogP contribution >= 0.6 is 0 Å². The molecule has 2 rings (SSSR count). The summed E-state index contributed by atoms with van der Waals surface area (Å²) in [6.07, 6.45) is 1.69. The molecule has 0 heterocycles. The zero-order chi connectivity index (χ0) is 12.3. The van der Waals surface area contributed by atoms with E-state index in [0.717, 1.165) is 12.0 Å². The average Bonchev–Trinajstić information content (AvgIpc) is 2.71. The van der Waals surface area contributed by atoms with E-state index in [1.807, 2.05) is 30.3 Å². The number of benzene rings is 1. The Balaban J connectivity index is 2.17. The zero-order valence-electron chi connectivity index (χ0n) is 9.89. The summed E-state index contributed by atoms with van der Waals surface area (Å²) in [4.78, 5) is 23.2. The highest BCUT2D eigenvalue weighted by atomic mass is 16.5. The van der Waals surface area contributed by atoms with Crippen LogP contribution in [0.3, 0.4) is 0 Å². The number of hydrogen-bond donors (Lipinski definition) is 0. The van der Waals surface area contributed by atoms with Gasteiger partial charge in [0.2, 0.25) is 0 Å². The van der Waals surface area contributed by atoms with Crippen molar-refractivity contribution in [2.75, 3.05) is 7.11 Å². The van der Waals surface area contributed by atoms with Crippen LogP contribution in [0.25, 0.3) is 0 Å². The van der Waals surface area contributed by atoms with E-state index in [1.54, 1.807) is 0 Å². The standard InChI is InChI=1S/C14H16O3/c1-17-13(16)9-11-7-8-12(15)14(11)10-5-3-2-4-6-10/h2-6,11,14H,7-9H2,1H3. The maximum Gasteiger partial charge on any atom is 0.305 e. The zero-order valence-corrected chi connectivity index (χ0v) is 9.89. The summed E-state index contributed by atoms with van der Waals surface area (Å²) < 4.78 is 4.68. The van der Waals surface area contributed by atoms with Gasteiger partial charge in [-0.2, -0.15) is 0 Å². The lowest BCUT2D eigenvalue weighted by Gasteiger charge is -2.17. The van der Waals surface area contributed by atoms with Gasteiger partial charge in [-0.25, -0.2) is 0 Å². The molecule has 1 fully saturated rings. The molecular weight excluding hydrogens is 216 g/mol. The third-order valence-corrected chi connectivity index (χ3v) is 3.40. The summed E-state index contributed by atoms with van der Waals surface area (Å²) >= 11 is 0. The van der Waals surface area contributed by atoms with Gasteiger partial charge in [-0.15, -0.1) is 0 Å².